The van der Waals surface area contributed by atoms with Gasteiger partial charge in [-0.15, -0.1) is 0 Å². The van der Waals surface area contributed by atoms with Crippen LogP contribution in [0.5, 0.6) is 0 Å². The molecular formula is C12H16F2N2O2. The van der Waals surface area contributed by atoms with Crippen molar-refractivity contribution in [2.45, 2.75) is 19.9 Å². The Morgan fingerprint density at radius 2 is 2.06 bits per heavy atom. The van der Waals surface area contributed by atoms with E-state index in [1.165, 1.54) is 0 Å². The molecule has 0 aliphatic rings. The molecule has 2 amide bonds. The Balaban J connectivity index is 2.59. The second-order valence-corrected chi connectivity index (χ2v) is 4.17. The summed E-state index contributed by atoms with van der Waals surface area (Å²) in [7, 11) is 0. The SMILES string of the molecule is CC(CO)C(C)NC(=O)Nc1ccc(F)cc1F. The smallest absolute Gasteiger partial charge is 0.319 e. The van der Waals surface area contributed by atoms with Crippen LogP contribution in [-0.2, 0) is 0 Å². The highest BCUT2D eigenvalue weighted by Gasteiger charge is 2.14. The normalized spacial score (nSPS) is 13.8. The zero-order valence-corrected chi connectivity index (χ0v) is 10.2. The minimum absolute atomic E-state index is 0.0631. The Bertz CT molecular complexity index is 427. The predicted octanol–water partition coefficient (Wildman–Crippen LogP) is 2.10. The van der Waals surface area contributed by atoms with Crippen LogP contribution >= 0.6 is 0 Å². The number of urea groups is 1. The first-order chi connectivity index (χ1) is 8.43. The van der Waals surface area contributed by atoms with Crippen molar-refractivity contribution in [3.63, 3.8) is 0 Å². The lowest BCUT2D eigenvalue weighted by Gasteiger charge is -2.19. The molecule has 2 unspecified atom stereocenters. The van der Waals surface area contributed by atoms with Crippen molar-refractivity contribution in [3.8, 4) is 0 Å². The molecule has 3 N–H and O–H groups in total. The lowest BCUT2D eigenvalue weighted by atomic mass is 10.1. The summed E-state index contributed by atoms with van der Waals surface area (Å²) in [4.78, 5) is 11.5. The molecular weight excluding hydrogens is 242 g/mol. The minimum atomic E-state index is -0.840. The fourth-order valence-electron chi connectivity index (χ4n) is 1.26. The van der Waals surface area contributed by atoms with Crippen LogP contribution in [0.15, 0.2) is 18.2 Å². The highest BCUT2D eigenvalue weighted by molar-refractivity contribution is 5.89. The van der Waals surface area contributed by atoms with Crippen LogP contribution in [0, 0.1) is 17.6 Å². The van der Waals surface area contributed by atoms with E-state index in [2.05, 4.69) is 10.6 Å². The van der Waals surface area contributed by atoms with Crippen molar-refractivity contribution in [1.82, 2.24) is 5.32 Å². The van der Waals surface area contributed by atoms with E-state index in [4.69, 9.17) is 5.11 Å². The molecule has 1 aromatic rings. The van der Waals surface area contributed by atoms with Gasteiger partial charge >= 0.3 is 6.03 Å². The molecule has 6 heteroatoms. The number of carbonyl (C=O) groups excluding carboxylic acids is 1. The molecule has 0 fully saturated rings. The molecule has 0 spiro atoms. The van der Waals surface area contributed by atoms with E-state index in [0.717, 1.165) is 12.1 Å². The van der Waals surface area contributed by atoms with Crippen molar-refractivity contribution in [1.29, 1.82) is 0 Å². The second kappa shape index (κ2) is 6.30. The maximum Gasteiger partial charge on any atom is 0.319 e. The van der Waals surface area contributed by atoms with Crippen LogP contribution in [0.2, 0.25) is 0 Å². The first kappa shape index (κ1) is 14.4. The number of hydrogen-bond acceptors (Lipinski definition) is 2. The minimum Gasteiger partial charge on any atom is -0.396 e. The molecule has 4 nitrogen and oxygen atoms in total. The first-order valence-electron chi connectivity index (χ1n) is 5.57. The number of halogens is 2. The lowest BCUT2D eigenvalue weighted by Crippen LogP contribution is -2.40. The van der Waals surface area contributed by atoms with Crippen molar-refractivity contribution in [2.24, 2.45) is 5.92 Å². The van der Waals surface area contributed by atoms with E-state index in [9.17, 15) is 13.6 Å². The maximum absolute atomic E-state index is 13.3. The Labute approximate surface area is 104 Å². The summed E-state index contributed by atoms with van der Waals surface area (Å²) in [5, 5.41) is 13.7. The number of aliphatic hydroxyl groups excluding tert-OH is 1. The van der Waals surface area contributed by atoms with Gasteiger partial charge in [0.1, 0.15) is 11.6 Å². The molecule has 0 radical (unpaired) electrons. The molecule has 0 saturated carbocycles. The number of carbonyl (C=O) groups is 1. The largest absolute Gasteiger partial charge is 0.396 e. The van der Waals surface area contributed by atoms with E-state index in [-0.39, 0.29) is 24.3 Å². The van der Waals surface area contributed by atoms with Crippen LogP contribution in [0.4, 0.5) is 19.3 Å². The molecule has 0 aliphatic heterocycles. The van der Waals surface area contributed by atoms with E-state index in [0.29, 0.717) is 6.07 Å². The molecule has 1 rings (SSSR count). The summed E-state index contributed by atoms with van der Waals surface area (Å²) in [6.07, 6.45) is 0. The van der Waals surface area contributed by atoms with Gasteiger partial charge < -0.3 is 15.7 Å². The summed E-state index contributed by atoms with van der Waals surface area (Å²) in [5.74, 6) is -1.66. The lowest BCUT2D eigenvalue weighted by molar-refractivity contribution is 0.204. The zero-order chi connectivity index (χ0) is 13.7. The molecule has 1 aromatic carbocycles. The molecule has 0 bridgehead atoms. The van der Waals surface area contributed by atoms with Gasteiger partial charge in [-0.25, -0.2) is 13.6 Å². The van der Waals surface area contributed by atoms with Crippen LogP contribution in [0.1, 0.15) is 13.8 Å². The number of amides is 2. The third-order valence-corrected chi connectivity index (χ3v) is 2.68. The summed E-state index contributed by atoms with van der Waals surface area (Å²) < 4.78 is 25.9. The average Bonchev–Trinajstić information content (AvgIpc) is 2.31. The number of hydrogen-bond donors (Lipinski definition) is 3. The van der Waals surface area contributed by atoms with Gasteiger partial charge in [0.2, 0.25) is 0 Å². The van der Waals surface area contributed by atoms with Gasteiger partial charge in [-0.3, -0.25) is 0 Å². The number of aliphatic hydroxyl groups is 1. The zero-order valence-electron chi connectivity index (χ0n) is 10.2. The quantitative estimate of drug-likeness (QED) is 0.774. The Kier molecular flexibility index (Phi) is 5.03. The van der Waals surface area contributed by atoms with Crippen LogP contribution < -0.4 is 10.6 Å². The summed E-state index contributed by atoms with van der Waals surface area (Å²) in [6, 6.07) is 2.02. The van der Waals surface area contributed by atoms with E-state index >= 15 is 0 Å². The topological polar surface area (TPSA) is 61.4 Å². The molecule has 0 aliphatic carbocycles. The van der Waals surface area contributed by atoms with Crippen molar-refractivity contribution in [3.05, 3.63) is 29.8 Å². The van der Waals surface area contributed by atoms with Crippen LogP contribution in [0.25, 0.3) is 0 Å². The number of rotatable bonds is 4. The fourth-order valence-corrected chi connectivity index (χ4v) is 1.26. The molecule has 100 valence electrons. The Hall–Kier alpha value is -1.69. The third kappa shape index (κ3) is 3.96. The predicted molar refractivity (Wildman–Crippen MR) is 64.2 cm³/mol. The van der Waals surface area contributed by atoms with Crippen molar-refractivity contribution >= 4 is 11.7 Å². The Morgan fingerprint density at radius 3 is 2.61 bits per heavy atom. The highest BCUT2D eigenvalue weighted by Crippen LogP contribution is 2.14. The van der Waals surface area contributed by atoms with Crippen LogP contribution in [-0.4, -0.2) is 23.8 Å². The second-order valence-electron chi connectivity index (χ2n) is 4.17. The van der Waals surface area contributed by atoms with Gasteiger partial charge in [0.05, 0.1) is 5.69 Å². The summed E-state index contributed by atoms with van der Waals surface area (Å²) in [5.41, 5.74) is -0.0993. The average molecular weight is 258 g/mol. The standard InChI is InChI=1S/C12H16F2N2O2/c1-7(6-17)8(2)15-12(18)16-11-4-3-9(13)5-10(11)14/h3-5,7-8,17H,6H2,1-2H3,(H2,15,16,18). The number of anilines is 1. The van der Waals surface area contributed by atoms with Gasteiger partial charge in [-0.2, -0.15) is 0 Å². The van der Waals surface area contributed by atoms with Gasteiger partial charge in [0.25, 0.3) is 0 Å². The van der Waals surface area contributed by atoms with Gasteiger partial charge in [-0.1, -0.05) is 6.92 Å². The van der Waals surface area contributed by atoms with E-state index in [1.54, 1.807) is 13.8 Å². The van der Waals surface area contributed by atoms with Crippen LogP contribution in [0.3, 0.4) is 0 Å². The first-order valence-corrected chi connectivity index (χ1v) is 5.57. The summed E-state index contributed by atoms with van der Waals surface area (Å²) in [6.45, 7) is 3.43. The monoisotopic (exact) mass is 258 g/mol. The number of nitrogens with one attached hydrogen (secondary N) is 2. The van der Waals surface area contributed by atoms with E-state index in [1.807, 2.05) is 0 Å². The molecule has 0 heterocycles. The molecule has 0 saturated heterocycles. The molecule has 2 atom stereocenters. The molecule has 18 heavy (non-hydrogen) atoms. The number of benzene rings is 1. The molecule has 0 aromatic heterocycles. The Morgan fingerprint density at radius 1 is 1.39 bits per heavy atom. The maximum atomic E-state index is 13.3. The van der Waals surface area contributed by atoms with Gasteiger partial charge in [0, 0.05) is 18.7 Å². The fraction of sp³-hybridized carbons (Fsp3) is 0.417. The van der Waals surface area contributed by atoms with Crippen molar-refractivity contribution in [2.75, 3.05) is 11.9 Å². The third-order valence-electron chi connectivity index (χ3n) is 2.68. The van der Waals surface area contributed by atoms with Gasteiger partial charge in [0.15, 0.2) is 0 Å². The van der Waals surface area contributed by atoms with E-state index < -0.39 is 17.7 Å². The van der Waals surface area contributed by atoms with Gasteiger partial charge in [-0.05, 0) is 25.0 Å². The summed E-state index contributed by atoms with van der Waals surface area (Å²) >= 11 is 0. The highest BCUT2D eigenvalue weighted by atomic mass is 19.1. The van der Waals surface area contributed by atoms with Crippen molar-refractivity contribution < 1.29 is 18.7 Å².